The van der Waals surface area contributed by atoms with Gasteiger partial charge < -0.3 is 10.4 Å². The van der Waals surface area contributed by atoms with Gasteiger partial charge in [0.15, 0.2) is 0 Å². The number of halogens is 3. The lowest BCUT2D eigenvalue weighted by molar-refractivity contribution is -0.177. The molecule has 0 radical (unpaired) electrons. The number of hydrogen-bond acceptors (Lipinski definition) is 2. The van der Waals surface area contributed by atoms with Gasteiger partial charge in [-0.25, -0.2) is 0 Å². The fourth-order valence-corrected chi connectivity index (χ4v) is 1.98. The van der Waals surface area contributed by atoms with Crippen LogP contribution >= 0.6 is 0 Å². The van der Waals surface area contributed by atoms with Crippen molar-refractivity contribution in [3.63, 3.8) is 0 Å². The van der Waals surface area contributed by atoms with E-state index in [1.807, 2.05) is 5.32 Å². The molecular weight excluding hydrogens is 239 g/mol. The number of hydrogen-bond donors (Lipinski definition) is 2. The Kier molecular flexibility index (Phi) is 3.68. The molecule has 4 nitrogen and oxygen atoms in total. The lowest BCUT2D eigenvalue weighted by Crippen LogP contribution is -2.57. The van der Waals surface area contributed by atoms with Gasteiger partial charge in [-0.05, 0) is 25.7 Å². The Labute approximate surface area is 96.2 Å². The molecule has 1 saturated carbocycles. The maximum absolute atomic E-state index is 12.1. The molecule has 0 bridgehead atoms. The van der Waals surface area contributed by atoms with Gasteiger partial charge in [0.2, 0.25) is 0 Å². The minimum absolute atomic E-state index is 0.204. The summed E-state index contributed by atoms with van der Waals surface area (Å²) in [5.41, 5.74) is -1.32. The van der Waals surface area contributed by atoms with Crippen molar-refractivity contribution in [3.8, 4) is 0 Å². The third kappa shape index (κ3) is 3.34. The summed E-state index contributed by atoms with van der Waals surface area (Å²) in [6.07, 6.45) is -3.35. The Morgan fingerprint density at radius 1 is 1.35 bits per heavy atom. The van der Waals surface area contributed by atoms with E-state index < -0.39 is 30.0 Å². The van der Waals surface area contributed by atoms with Crippen LogP contribution in [0, 0.1) is 5.92 Å². The Morgan fingerprint density at radius 2 is 1.88 bits per heavy atom. The van der Waals surface area contributed by atoms with Gasteiger partial charge in [-0.3, -0.25) is 9.59 Å². The van der Waals surface area contributed by atoms with Crippen LogP contribution in [0.1, 0.15) is 32.6 Å². The van der Waals surface area contributed by atoms with Gasteiger partial charge in [-0.1, -0.05) is 6.42 Å². The SMILES string of the molecule is CC(CC(=O)O)(NC(=O)C(F)(F)F)C1CCC1. The first kappa shape index (κ1) is 13.8. The third-order valence-electron chi connectivity index (χ3n) is 3.18. The first-order valence-corrected chi connectivity index (χ1v) is 5.26. The van der Waals surface area contributed by atoms with Gasteiger partial charge in [-0.15, -0.1) is 0 Å². The van der Waals surface area contributed by atoms with Crippen LogP contribution in [-0.2, 0) is 9.59 Å². The Bertz CT molecular complexity index is 325. The first-order chi connectivity index (χ1) is 7.65. The molecule has 0 aromatic rings. The van der Waals surface area contributed by atoms with E-state index in [2.05, 4.69) is 0 Å². The molecule has 17 heavy (non-hydrogen) atoms. The van der Waals surface area contributed by atoms with Crippen molar-refractivity contribution in [2.24, 2.45) is 5.92 Å². The van der Waals surface area contributed by atoms with Crippen molar-refractivity contribution in [1.29, 1.82) is 0 Å². The summed E-state index contributed by atoms with van der Waals surface area (Å²) in [6, 6.07) is 0. The molecule has 7 heteroatoms. The zero-order valence-corrected chi connectivity index (χ0v) is 9.30. The van der Waals surface area contributed by atoms with Gasteiger partial charge in [0.1, 0.15) is 0 Å². The van der Waals surface area contributed by atoms with Crippen molar-refractivity contribution in [3.05, 3.63) is 0 Å². The fraction of sp³-hybridized carbons (Fsp3) is 0.800. The summed E-state index contributed by atoms with van der Waals surface area (Å²) in [5.74, 6) is -3.50. The van der Waals surface area contributed by atoms with Crippen molar-refractivity contribution in [2.45, 2.75) is 44.3 Å². The molecule has 0 heterocycles. The Hall–Kier alpha value is -1.27. The number of carboxylic acids is 1. The fourth-order valence-electron chi connectivity index (χ4n) is 1.98. The zero-order chi connectivity index (χ0) is 13.3. The number of nitrogens with one attached hydrogen (secondary N) is 1. The van der Waals surface area contributed by atoms with Crippen LogP contribution in [0.15, 0.2) is 0 Å². The average molecular weight is 253 g/mol. The minimum atomic E-state index is -4.98. The normalized spacial score (nSPS) is 20.2. The van der Waals surface area contributed by atoms with E-state index in [1.54, 1.807) is 0 Å². The van der Waals surface area contributed by atoms with Crippen molar-refractivity contribution >= 4 is 11.9 Å². The molecule has 0 spiro atoms. The molecule has 1 aliphatic rings. The molecule has 1 fully saturated rings. The lowest BCUT2D eigenvalue weighted by atomic mass is 9.70. The predicted octanol–water partition coefficient (Wildman–Crippen LogP) is 1.70. The summed E-state index contributed by atoms with van der Waals surface area (Å²) in [4.78, 5) is 21.5. The Morgan fingerprint density at radius 3 is 2.18 bits per heavy atom. The maximum Gasteiger partial charge on any atom is 0.471 e. The highest BCUT2D eigenvalue weighted by molar-refractivity contribution is 5.83. The standard InChI is InChI=1S/C10H14F3NO3/c1-9(5-7(15)16,6-3-2-4-6)14-8(17)10(11,12)13/h6H,2-5H2,1H3,(H,14,17)(H,15,16). The number of rotatable bonds is 4. The monoisotopic (exact) mass is 253 g/mol. The van der Waals surface area contributed by atoms with E-state index in [4.69, 9.17) is 5.11 Å². The highest BCUT2D eigenvalue weighted by Crippen LogP contribution is 2.38. The molecule has 1 atom stereocenters. The molecule has 2 N–H and O–H groups in total. The molecule has 0 aromatic heterocycles. The van der Waals surface area contributed by atoms with Crippen molar-refractivity contribution < 1.29 is 27.9 Å². The maximum atomic E-state index is 12.1. The number of aliphatic carboxylic acids is 1. The highest BCUT2D eigenvalue weighted by Gasteiger charge is 2.47. The molecule has 0 saturated heterocycles. The number of carbonyl (C=O) groups excluding carboxylic acids is 1. The van der Waals surface area contributed by atoms with E-state index >= 15 is 0 Å². The molecule has 1 rings (SSSR count). The highest BCUT2D eigenvalue weighted by atomic mass is 19.4. The number of alkyl halides is 3. The molecule has 1 amide bonds. The van der Waals surface area contributed by atoms with E-state index in [-0.39, 0.29) is 5.92 Å². The number of carboxylic acid groups (broad SMARTS) is 1. The van der Waals surface area contributed by atoms with E-state index in [1.165, 1.54) is 6.92 Å². The first-order valence-electron chi connectivity index (χ1n) is 5.26. The molecule has 0 aromatic carbocycles. The van der Waals surface area contributed by atoms with Gasteiger partial charge in [-0.2, -0.15) is 13.2 Å². The lowest BCUT2D eigenvalue weighted by Gasteiger charge is -2.42. The molecule has 1 aliphatic carbocycles. The van der Waals surface area contributed by atoms with Gasteiger partial charge in [0.05, 0.1) is 12.0 Å². The van der Waals surface area contributed by atoms with Crippen molar-refractivity contribution in [1.82, 2.24) is 5.32 Å². The summed E-state index contributed by atoms with van der Waals surface area (Å²) in [7, 11) is 0. The van der Waals surface area contributed by atoms with Crippen LogP contribution in [0.5, 0.6) is 0 Å². The van der Waals surface area contributed by atoms with E-state index in [0.29, 0.717) is 12.8 Å². The second kappa shape index (κ2) is 4.54. The van der Waals surface area contributed by atoms with Gasteiger partial charge >= 0.3 is 18.1 Å². The summed E-state index contributed by atoms with van der Waals surface area (Å²) in [6.45, 7) is 1.36. The molecule has 1 unspecified atom stereocenters. The van der Waals surface area contributed by atoms with E-state index in [9.17, 15) is 22.8 Å². The van der Waals surface area contributed by atoms with Crippen LogP contribution in [0.3, 0.4) is 0 Å². The van der Waals surface area contributed by atoms with Crippen LogP contribution in [0.4, 0.5) is 13.2 Å². The molecule has 0 aliphatic heterocycles. The van der Waals surface area contributed by atoms with Crippen LogP contribution < -0.4 is 5.32 Å². The van der Waals surface area contributed by atoms with Gasteiger partial charge in [0.25, 0.3) is 0 Å². The zero-order valence-electron chi connectivity index (χ0n) is 9.30. The average Bonchev–Trinajstić information content (AvgIpc) is 1.94. The quantitative estimate of drug-likeness (QED) is 0.801. The molecular formula is C10H14F3NO3. The molecule has 98 valence electrons. The van der Waals surface area contributed by atoms with Gasteiger partial charge in [0, 0.05) is 0 Å². The minimum Gasteiger partial charge on any atom is -0.481 e. The van der Waals surface area contributed by atoms with Crippen LogP contribution in [0.25, 0.3) is 0 Å². The largest absolute Gasteiger partial charge is 0.481 e. The smallest absolute Gasteiger partial charge is 0.471 e. The van der Waals surface area contributed by atoms with Crippen molar-refractivity contribution in [2.75, 3.05) is 0 Å². The second-order valence-corrected chi connectivity index (χ2v) is 4.57. The second-order valence-electron chi connectivity index (χ2n) is 4.57. The third-order valence-corrected chi connectivity index (χ3v) is 3.18. The summed E-state index contributed by atoms with van der Waals surface area (Å²) < 4.78 is 36.4. The predicted molar refractivity (Wildman–Crippen MR) is 52.2 cm³/mol. The van der Waals surface area contributed by atoms with Crippen LogP contribution in [0.2, 0.25) is 0 Å². The van der Waals surface area contributed by atoms with Crippen LogP contribution in [-0.4, -0.2) is 28.7 Å². The summed E-state index contributed by atoms with van der Waals surface area (Å²) in [5, 5.41) is 10.5. The topological polar surface area (TPSA) is 66.4 Å². The van der Waals surface area contributed by atoms with E-state index in [0.717, 1.165) is 6.42 Å². The summed E-state index contributed by atoms with van der Waals surface area (Å²) >= 11 is 0. The Balaban J connectivity index is 2.76. The number of amides is 1. The number of carbonyl (C=O) groups is 2.